The van der Waals surface area contributed by atoms with Crippen molar-refractivity contribution in [3.05, 3.63) is 17.2 Å². The van der Waals surface area contributed by atoms with E-state index < -0.39 is 11.3 Å². The Morgan fingerprint density at radius 2 is 2.29 bits per heavy atom. The van der Waals surface area contributed by atoms with Crippen molar-refractivity contribution in [2.75, 3.05) is 10.0 Å². The SMILES string of the molecule is CC1Sc2c(cc(Cl)cc2NS(=O)[O-])NC1=O. The van der Waals surface area contributed by atoms with Crippen molar-refractivity contribution in [2.45, 2.75) is 17.1 Å². The normalized spacial score (nSPS) is 20.4. The molecule has 8 heteroatoms. The number of halogens is 1. The molecule has 0 aromatic heterocycles. The fraction of sp³-hybridized carbons (Fsp3) is 0.222. The molecule has 0 saturated heterocycles. The average molecular weight is 292 g/mol. The van der Waals surface area contributed by atoms with Gasteiger partial charge in [-0.05, 0) is 19.1 Å². The highest BCUT2D eigenvalue weighted by atomic mass is 35.5. The van der Waals surface area contributed by atoms with Crippen LogP contribution in [0.1, 0.15) is 6.92 Å². The first-order valence-electron chi connectivity index (χ1n) is 4.64. The largest absolute Gasteiger partial charge is 0.755 e. The third kappa shape index (κ3) is 2.74. The highest BCUT2D eigenvalue weighted by Gasteiger charge is 2.25. The summed E-state index contributed by atoms with van der Waals surface area (Å²) in [6.45, 7) is 1.75. The minimum absolute atomic E-state index is 0.126. The minimum Gasteiger partial charge on any atom is -0.755 e. The number of amides is 1. The molecule has 2 N–H and O–H groups in total. The zero-order valence-electron chi connectivity index (χ0n) is 8.65. The monoisotopic (exact) mass is 291 g/mol. The molecule has 1 aromatic rings. The predicted octanol–water partition coefficient (Wildman–Crippen LogP) is 1.98. The summed E-state index contributed by atoms with van der Waals surface area (Å²) in [7, 11) is 0. The van der Waals surface area contributed by atoms with E-state index in [0.29, 0.717) is 21.3 Å². The molecule has 1 heterocycles. The predicted molar refractivity (Wildman–Crippen MR) is 67.9 cm³/mol. The molecular weight excluding hydrogens is 284 g/mol. The Kier molecular flexibility index (Phi) is 3.62. The smallest absolute Gasteiger partial charge is 0.237 e. The Balaban J connectivity index is 2.47. The molecule has 1 aliphatic rings. The first-order chi connectivity index (χ1) is 7.97. The number of rotatable bonds is 2. The number of benzene rings is 1. The molecule has 1 amide bonds. The van der Waals surface area contributed by atoms with Crippen LogP contribution < -0.4 is 10.0 Å². The molecule has 5 nitrogen and oxygen atoms in total. The van der Waals surface area contributed by atoms with Crippen LogP contribution in [0.5, 0.6) is 0 Å². The third-order valence-electron chi connectivity index (χ3n) is 2.17. The highest BCUT2D eigenvalue weighted by Crippen LogP contribution is 2.42. The van der Waals surface area contributed by atoms with Crippen LogP contribution in [0.25, 0.3) is 0 Å². The van der Waals surface area contributed by atoms with Crippen molar-refractivity contribution >= 4 is 51.9 Å². The fourth-order valence-electron chi connectivity index (χ4n) is 1.44. The van der Waals surface area contributed by atoms with Crippen LogP contribution in [-0.2, 0) is 16.1 Å². The second-order valence-electron chi connectivity index (χ2n) is 3.42. The molecule has 1 aliphatic heterocycles. The van der Waals surface area contributed by atoms with Crippen molar-refractivity contribution in [2.24, 2.45) is 0 Å². The molecule has 2 rings (SSSR count). The van der Waals surface area contributed by atoms with Gasteiger partial charge in [-0.25, -0.2) is 0 Å². The number of anilines is 2. The molecule has 0 fully saturated rings. The van der Waals surface area contributed by atoms with Crippen LogP contribution in [0.3, 0.4) is 0 Å². The zero-order chi connectivity index (χ0) is 12.6. The summed E-state index contributed by atoms with van der Waals surface area (Å²) in [5.41, 5.74) is 0.899. The van der Waals surface area contributed by atoms with Gasteiger partial charge in [-0.2, -0.15) is 0 Å². The molecule has 1 aromatic carbocycles. The van der Waals surface area contributed by atoms with Gasteiger partial charge in [0.1, 0.15) is 0 Å². The van der Waals surface area contributed by atoms with E-state index in [-0.39, 0.29) is 11.2 Å². The molecule has 92 valence electrons. The Bertz CT molecular complexity index is 509. The second-order valence-corrected chi connectivity index (χ2v) is 5.88. The molecule has 17 heavy (non-hydrogen) atoms. The quantitative estimate of drug-likeness (QED) is 0.816. The number of hydrogen-bond acceptors (Lipinski definition) is 4. The van der Waals surface area contributed by atoms with Gasteiger partial charge in [0.25, 0.3) is 0 Å². The van der Waals surface area contributed by atoms with Gasteiger partial charge in [-0.15, -0.1) is 11.8 Å². The summed E-state index contributed by atoms with van der Waals surface area (Å²) in [5, 5.41) is 2.76. The number of nitrogens with one attached hydrogen (secondary N) is 2. The molecule has 0 spiro atoms. The summed E-state index contributed by atoms with van der Waals surface area (Å²) >= 11 is 4.71. The van der Waals surface area contributed by atoms with E-state index >= 15 is 0 Å². The Labute approximate surface area is 110 Å². The molecule has 0 aliphatic carbocycles. The van der Waals surface area contributed by atoms with Gasteiger partial charge in [-0.3, -0.25) is 9.00 Å². The van der Waals surface area contributed by atoms with E-state index in [1.807, 2.05) is 0 Å². The van der Waals surface area contributed by atoms with E-state index in [1.165, 1.54) is 17.8 Å². The number of carbonyl (C=O) groups excluding carboxylic acids is 1. The summed E-state index contributed by atoms with van der Waals surface area (Å²) in [5.74, 6) is -0.126. The van der Waals surface area contributed by atoms with E-state index in [2.05, 4.69) is 10.0 Å². The molecule has 0 saturated carbocycles. The van der Waals surface area contributed by atoms with Gasteiger partial charge in [-0.1, -0.05) is 11.6 Å². The molecule has 0 radical (unpaired) electrons. The summed E-state index contributed by atoms with van der Waals surface area (Å²) in [6, 6.07) is 3.10. The Morgan fingerprint density at radius 1 is 1.59 bits per heavy atom. The average Bonchev–Trinajstić information content (AvgIpc) is 2.20. The maximum atomic E-state index is 11.5. The van der Waals surface area contributed by atoms with Crippen molar-refractivity contribution < 1.29 is 13.6 Å². The number of hydrogen-bond donors (Lipinski definition) is 2. The lowest BCUT2D eigenvalue weighted by molar-refractivity contribution is -0.115. The summed E-state index contributed by atoms with van der Waals surface area (Å²) in [6.07, 6.45) is 0. The summed E-state index contributed by atoms with van der Waals surface area (Å²) < 4.78 is 23.6. The van der Waals surface area contributed by atoms with Crippen molar-refractivity contribution in [3.63, 3.8) is 0 Å². The third-order valence-corrected chi connectivity index (χ3v) is 4.02. The molecule has 0 bridgehead atoms. The molecular formula is C9H8ClN2O3S2-. The number of fused-ring (bicyclic) bond motifs is 1. The maximum absolute atomic E-state index is 11.5. The summed E-state index contributed by atoms with van der Waals surface area (Å²) in [4.78, 5) is 12.2. The lowest BCUT2D eigenvalue weighted by atomic mass is 10.2. The molecule has 2 unspecified atom stereocenters. The van der Waals surface area contributed by atoms with Crippen molar-refractivity contribution in [3.8, 4) is 0 Å². The van der Waals surface area contributed by atoms with Crippen LogP contribution in [0.2, 0.25) is 5.02 Å². The fourth-order valence-corrected chi connectivity index (χ4v) is 3.06. The van der Waals surface area contributed by atoms with E-state index in [1.54, 1.807) is 13.0 Å². The van der Waals surface area contributed by atoms with E-state index in [9.17, 15) is 13.6 Å². The number of carbonyl (C=O) groups is 1. The number of thioether (sulfide) groups is 1. The maximum Gasteiger partial charge on any atom is 0.237 e. The first-order valence-corrected chi connectivity index (χ1v) is 6.97. The van der Waals surface area contributed by atoms with Crippen LogP contribution >= 0.6 is 23.4 Å². The van der Waals surface area contributed by atoms with Crippen LogP contribution in [0.4, 0.5) is 11.4 Å². The molecule has 2 atom stereocenters. The van der Waals surface area contributed by atoms with Crippen molar-refractivity contribution in [1.29, 1.82) is 0 Å². The van der Waals surface area contributed by atoms with Crippen LogP contribution in [0, 0.1) is 0 Å². The zero-order valence-corrected chi connectivity index (χ0v) is 11.0. The van der Waals surface area contributed by atoms with Crippen LogP contribution in [0.15, 0.2) is 17.0 Å². The van der Waals surface area contributed by atoms with Gasteiger partial charge in [0.2, 0.25) is 5.91 Å². The topological polar surface area (TPSA) is 81.3 Å². The Hall–Kier alpha value is -0.760. The standard InChI is InChI=1S/C9H9ClN2O3S2/c1-4-9(13)11-6-2-5(10)3-7(8(6)16-4)12-17(14)15/h2-4,12H,1H3,(H,11,13)(H,14,15)/p-1. The lowest BCUT2D eigenvalue weighted by Gasteiger charge is -2.24. The van der Waals surface area contributed by atoms with Crippen LogP contribution in [-0.4, -0.2) is 19.9 Å². The van der Waals surface area contributed by atoms with E-state index in [4.69, 9.17) is 11.6 Å². The van der Waals surface area contributed by atoms with Gasteiger partial charge in [0.15, 0.2) is 0 Å². The highest BCUT2D eigenvalue weighted by molar-refractivity contribution is 8.01. The Morgan fingerprint density at radius 3 is 2.94 bits per heavy atom. The second kappa shape index (κ2) is 4.85. The first kappa shape index (κ1) is 12.7. The van der Waals surface area contributed by atoms with Gasteiger partial charge in [0.05, 0.1) is 21.5 Å². The van der Waals surface area contributed by atoms with Gasteiger partial charge < -0.3 is 14.6 Å². The van der Waals surface area contributed by atoms with Gasteiger partial charge in [0, 0.05) is 16.3 Å². The van der Waals surface area contributed by atoms with Crippen molar-refractivity contribution in [1.82, 2.24) is 0 Å². The lowest BCUT2D eigenvalue weighted by Crippen LogP contribution is -2.27. The van der Waals surface area contributed by atoms with Gasteiger partial charge >= 0.3 is 0 Å². The van der Waals surface area contributed by atoms with E-state index in [0.717, 1.165) is 0 Å². The minimum atomic E-state index is -2.43.